The highest BCUT2D eigenvalue weighted by Crippen LogP contribution is 2.48. The standard InChI is InChI=1S/C21H19ClN3OS/c1-23(2)16-9-11-24(12-10-16)14-21(26)25-17-5-3-4-6-19(17)27-20-8-7-15(22)13-18(20)25/h3-13H,14H2,1-2H3/q+1. The summed E-state index contributed by atoms with van der Waals surface area (Å²) in [5, 5.41) is 0.620. The smallest absolute Gasteiger partial charge is 0.297 e. The number of aromatic nitrogens is 1. The first kappa shape index (κ1) is 17.9. The zero-order chi connectivity index (χ0) is 19.0. The van der Waals surface area contributed by atoms with Crippen LogP contribution in [0.1, 0.15) is 0 Å². The molecule has 1 aromatic heterocycles. The number of anilines is 3. The summed E-state index contributed by atoms with van der Waals surface area (Å²) in [6, 6.07) is 17.6. The number of carbonyl (C=O) groups excluding carboxylic acids is 1. The Labute approximate surface area is 168 Å². The van der Waals surface area contributed by atoms with Crippen LogP contribution in [0.15, 0.2) is 76.8 Å². The molecule has 0 unspecified atom stereocenters. The Kier molecular flexibility index (Phi) is 4.81. The van der Waals surface area contributed by atoms with E-state index >= 15 is 0 Å². The molecule has 1 amide bonds. The maximum atomic E-state index is 13.3. The lowest BCUT2D eigenvalue weighted by atomic mass is 10.2. The summed E-state index contributed by atoms with van der Waals surface area (Å²) in [6.07, 6.45) is 3.85. The first-order valence-corrected chi connectivity index (χ1v) is 9.78. The Hall–Kier alpha value is -2.50. The van der Waals surface area contributed by atoms with Crippen molar-refractivity contribution in [3.63, 3.8) is 0 Å². The van der Waals surface area contributed by atoms with Crippen molar-refractivity contribution < 1.29 is 9.36 Å². The topological polar surface area (TPSA) is 27.4 Å². The Morgan fingerprint density at radius 3 is 2.48 bits per heavy atom. The fourth-order valence-corrected chi connectivity index (χ4v) is 4.28. The Balaban J connectivity index is 1.70. The molecule has 0 saturated carbocycles. The molecular formula is C21H19ClN3OS+. The van der Waals surface area contributed by atoms with Crippen molar-refractivity contribution >= 4 is 46.3 Å². The summed E-state index contributed by atoms with van der Waals surface area (Å²) in [6.45, 7) is 0.249. The van der Waals surface area contributed by atoms with Crippen LogP contribution in [0, 0.1) is 0 Å². The van der Waals surface area contributed by atoms with E-state index in [9.17, 15) is 4.79 Å². The minimum Gasteiger partial charge on any atom is -0.377 e. The molecule has 0 aliphatic carbocycles. The summed E-state index contributed by atoms with van der Waals surface area (Å²) in [5.41, 5.74) is 2.82. The van der Waals surface area contributed by atoms with Gasteiger partial charge in [-0.05, 0) is 30.3 Å². The number of pyridine rings is 1. The zero-order valence-electron chi connectivity index (χ0n) is 15.1. The monoisotopic (exact) mass is 396 g/mol. The maximum absolute atomic E-state index is 13.3. The van der Waals surface area contributed by atoms with Crippen molar-refractivity contribution in [3.05, 3.63) is 72.0 Å². The number of hydrogen-bond acceptors (Lipinski definition) is 3. The largest absolute Gasteiger partial charge is 0.377 e. The second kappa shape index (κ2) is 7.25. The van der Waals surface area contributed by atoms with Crippen molar-refractivity contribution in [3.8, 4) is 0 Å². The molecule has 0 fully saturated rings. The molecule has 3 aromatic rings. The van der Waals surface area contributed by atoms with E-state index in [0.717, 1.165) is 26.9 Å². The van der Waals surface area contributed by atoms with Crippen molar-refractivity contribution in [2.75, 3.05) is 23.9 Å². The van der Waals surface area contributed by atoms with Crippen molar-refractivity contribution in [1.82, 2.24) is 0 Å². The van der Waals surface area contributed by atoms with Crippen molar-refractivity contribution in [2.45, 2.75) is 16.3 Å². The predicted octanol–water partition coefficient (Wildman–Crippen LogP) is 4.52. The van der Waals surface area contributed by atoms with Gasteiger partial charge in [0.15, 0.2) is 12.4 Å². The SMILES string of the molecule is CN(C)c1cc[n+](CC(=O)N2c3ccccc3Sc3ccc(Cl)cc32)cc1. The van der Waals surface area contributed by atoms with Crippen LogP contribution in [-0.2, 0) is 11.3 Å². The van der Waals surface area contributed by atoms with Crippen molar-refractivity contribution in [2.24, 2.45) is 0 Å². The highest BCUT2D eigenvalue weighted by molar-refractivity contribution is 7.99. The number of fused-ring (bicyclic) bond motifs is 2. The molecule has 0 N–H and O–H groups in total. The lowest BCUT2D eigenvalue weighted by Gasteiger charge is -2.30. The number of rotatable bonds is 3. The second-order valence-electron chi connectivity index (χ2n) is 6.53. The molecule has 136 valence electrons. The molecule has 2 heterocycles. The minimum atomic E-state index is -0.00568. The predicted molar refractivity (Wildman–Crippen MR) is 110 cm³/mol. The first-order chi connectivity index (χ1) is 13.0. The van der Waals surface area contributed by atoms with Crippen LogP contribution in [0.4, 0.5) is 17.1 Å². The first-order valence-electron chi connectivity index (χ1n) is 8.59. The summed E-state index contributed by atoms with van der Waals surface area (Å²) < 4.78 is 1.89. The average molecular weight is 397 g/mol. The van der Waals surface area contributed by atoms with Gasteiger partial charge in [-0.2, -0.15) is 4.57 Å². The van der Waals surface area contributed by atoms with Crippen molar-refractivity contribution in [1.29, 1.82) is 0 Å². The summed E-state index contributed by atoms with van der Waals surface area (Å²) in [5.74, 6) is -0.00568. The molecule has 6 heteroatoms. The number of carbonyl (C=O) groups is 1. The Morgan fingerprint density at radius 1 is 1.04 bits per heavy atom. The molecule has 0 saturated heterocycles. The van der Waals surface area contributed by atoms with E-state index in [2.05, 4.69) is 0 Å². The molecule has 1 aliphatic rings. The fourth-order valence-electron chi connectivity index (χ4n) is 3.08. The van der Waals surface area contributed by atoms with Crippen LogP contribution in [0.5, 0.6) is 0 Å². The quantitative estimate of drug-likeness (QED) is 0.609. The van der Waals surface area contributed by atoms with E-state index in [0.29, 0.717) is 5.02 Å². The van der Waals surface area contributed by atoms with E-state index in [-0.39, 0.29) is 12.5 Å². The summed E-state index contributed by atoms with van der Waals surface area (Å²) in [7, 11) is 3.99. The minimum absolute atomic E-state index is 0.00568. The molecule has 0 bridgehead atoms. The van der Waals surface area contributed by atoms with Crippen LogP contribution in [0.3, 0.4) is 0 Å². The van der Waals surface area contributed by atoms with Gasteiger partial charge in [-0.25, -0.2) is 0 Å². The Bertz CT molecular complexity index is 1000. The van der Waals surface area contributed by atoms with Crippen LogP contribution in [0.25, 0.3) is 0 Å². The highest BCUT2D eigenvalue weighted by Gasteiger charge is 2.30. The van der Waals surface area contributed by atoms with E-state index in [4.69, 9.17) is 11.6 Å². The maximum Gasteiger partial charge on any atom is 0.297 e. The fraction of sp³-hybridized carbons (Fsp3) is 0.143. The van der Waals surface area contributed by atoms with Gasteiger partial charge >= 0.3 is 0 Å². The van der Waals surface area contributed by atoms with E-state index in [1.807, 2.05) is 90.6 Å². The number of amides is 1. The number of para-hydroxylation sites is 1. The summed E-state index contributed by atoms with van der Waals surface area (Å²) in [4.78, 5) is 19.2. The molecular weight excluding hydrogens is 378 g/mol. The molecule has 0 radical (unpaired) electrons. The van der Waals surface area contributed by atoms with Gasteiger partial charge < -0.3 is 4.90 Å². The normalized spacial score (nSPS) is 12.3. The number of hydrogen-bond donors (Lipinski definition) is 0. The second-order valence-corrected chi connectivity index (χ2v) is 8.05. The van der Waals surface area contributed by atoms with E-state index < -0.39 is 0 Å². The molecule has 1 aliphatic heterocycles. The van der Waals surface area contributed by atoms with E-state index in [1.165, 1.54) is 0 Å². The molecule has 0 atom stereocenters. The van der Waals surface area contributed by atoms with Gasteiger partial charge in [0, 0.05) is 46.7 Å². The van der Waals surface area contributed by atoms with Crippen LogP contribution < -0.4 is 14.4 Å². The lowest BCUT2D eigenvalue weighted by Crippen LogP contribution is -2.43. The van der Waals surface area contributed by atoms with Crippen LogP contribution in [-0.4, -0.2) is 20.0 Å². The number of nitrogens with zero attached hydrogens (tertiary/aromatic N) is 3. The molecule has 27 heavy (non-hydrogen) atoms. The average Bonchev–Trinajstić information content (AvgIpc) is 2.66. The summed E-state index contributed by atoms with van der Waals surface area (Å²) >= 11 is 7.88. The highest BCUT2D eigenvalue weighted by atomic mass is 35.5. The van der Waals surface area contributed by atoms with Crippen LogP contribution in [0.2, 0.25) is 5.02 Å². The molecule has 0 spiro atoms. The van der Waals surface area contributed by atoms with E-state index in [1.54, 1.807) is 16.7 Å². The third-order valence-corrected chi connectivity index (χ3v) is 5.81. The number of halogens is 1. The van der Waals surface area contributed by atoms with Gasteiger partial charge in [0.05, 0.1) is 11.4 Å². The Morgan fingerprint density at radius 2 is 1.74 bits per heavy atom. The van der Waals surface area contributed by atoms with Crippen LogP contribution >= 0.6 is 23.4 Å². The zero-order valence-corrected chi connectivity index (χ0v) is 16.7. The van der Waals surface area contributed by atoms with Gasteiger partial charge in [0.1, 0.15) is 0 Å². The van der Waals surface area contributed by atoms with Gasteiger partial charge in [-0.15, -0.1) is 0 Å². The molecule has 4 rings (SSSR count). The van der Waals surface area contributed by atoms with Gasteiger partial charge in [0.2, 0.25) is 6.54 Å². The number of benzene rings is 2. The van der Waals surface area contributed by atoms with Gasteiger partial charge in [-0.3, -0.25) is 9.69 Å². The molecule has 2 aromatic carbocycles. The van der Waals surface area contributed by atoms with Gasteiger partial charge in [0.25, 0.3) is 5.91 Å². The third-order valence-electron chi connectivity index (χ3n) is 4.45. The molecule has 4 nitrogen and oxygen atoms in total. The third kappa shape index (κ3) is 3.53. The van der Waals surface area contributed by atoms with Gasteiger partial charge in [-0.1, -0.05) is 35.5 Å². The lowest BCUT2D eigenvalue weighted by molar-refractivity contribution is -0.684.